The Hall–Kier alpha value is -2.07. The number of halogens is 1. The van der Waals surface area contributed by atoms with E-state index in [1.807, 2.05) is 25.1 Å². The van der Waals surface area contributed by atoms with Crippen LogP contribution in [0.4, 0.5) is 4.39 Å². The summed E-state index contributed by atoms with van der Waals surface area (Å²) in [5, 5.41) is 3.22. The van der Waals surface area contributed by atoms with Crippen molar-refractivity contribution in [2.45, 2.75) is 20.1 Å². The monoisotopic (exact) mass is 289 g/mol. The Morgan fingerprint density at radius 2 is 1.76 bits per heavy atom. The molecule has 0 atom stereocenters. The lowest BCUT2D eigenvalue weighted by molar-refractivity contribution is 0.299. The molecule has 0 fully saturated rings. The highest BCUT2D eigenvalue weighted by atomic mass is 19.1. The number of hydrogen-bond donors (Lipinski definition) is 1. The average molecular weight is 289 g/mol. The Kier molecular flexibility index (Phi) is 5.58. The summed E-state index contributed by atoms with van der Waals surface area (Å²) in [7, 11) is 1.61. The molecule has 0 aromatic heterocycles. The van der Waals surface area contributed by atoms with Crippen molar-refractivity contribution in [3.05, 3.63) is 59.4 Å². The lowest BCUT2D eigenvalue weighted by Crippen LogP contribution is -2.12. The fraction of sp³-hybridized carbons (Fsp3) is 0.294. The predicted octanol–water partition coefficient (Wildman–Crippen LogP) is 3.52. The maximum atomic E-state index is 13.8. The van der Waals surface area contributed by atoms with Crippen LogP contribution in [0, 0.1) is 5.82 Å². The number of methoxy groups -OCH3 is 1. The van der Waals surface area contributed by atoms with Crippen LogP contribution in [0.1, 0.15) is 18.1 Å². The lowest BCUT2D eigenvalue weighted by Gasteiger charge is -2.10. The zero-order valence-electron chi connectivity index (χ0n) is 12.4. The van der Waals surface area contributed by atoms with Crippen LogP contribution in [-0.2, 0) is 13.2 Å². The maximum absolute atomic E-state index is 13.8. The number of ether oxygens (including phenoxy) is 2. The minimum atomic E-state index is -0.247. The first-order chi connectivity index (χ1) is 10.2. The molecule has 0 saturated carbocycles. The summed E-state index contributed by atoms with van der Waals surface area (Å²) >= 11 is 0. The van der Waals surface area contributed by atoms with E-state index >= 15 is 0 Å². The molecule has 0 radical (unpaired) electrons. The second-order valence-electron chi connectivity index (χ2n) is 4.67. The molecule has 0 heterocycles. The molecule has 0 spiro atoms. The van der Waals surface area contributed by atoms with E-state index in [2.05, 4.69) is 5.32 Å². The Morgan fingerprint density at radius 1 is 1.05 bits per heavy atom. The zero-order chi connectivity index (χ0) is 15.1. The van der Waals surface area contributed by atoms with Gasteiger partial charge in [-0.25, -0.2) is 4.39 Å². The molecule has 0 aliphatic carbocycles. The number of hydrogen-bond acceptors (Lipinski definition) is 3. The van der Waals surface area contributed by atoms with E-state index in [9.17, 15) is 4.39 Å². The van der Waals surface area contributed by atoms with Gasteiger partial charge in [0, 0.05) is 12.1 Å². The van der Waals surface area contributed by atoms with E-state index < -0.39 is 0 Å². The minimum absolute atomic E-state index is 0.206. The molecule has 1 N–H and O–H groups in total. The third-order valence-electron chi connectivity index (χ3n) is 3.14. The molecule has 2 aromatic carbocycles. The molecule has 0 aliphatic rings. The Balaban J connectivity index is 2.00. The molecule has 0 bridgehead atoms. The molecule has 0 aliphatic heterocycles. The van der Waals surface area contributed by atoms with Gasteiger partial charge in [0.2, 0.25) is 0 Å². The van der Waals surface area contributed by atoms with Gasteiger partial charge in [-0.15, -0.1) is 0 Å². The molecule has 112 valence electrons. The van der Waals surface area contributed by atoms with Crippen LogP contribution in [0.5, 0.6) is 11.5 Å². The highest BCUT2D eigenvalue weighted by molar-refractivity contribution is 5.32. The molecular weight excluding hydrogens is 269 g/mol. The Bertz CT molecular complexity index is 570. The molecule has 0 unspecified atom stereocenters. The maximum Gasteiger partial charge on any atom is 0.129 e. The van der Waals surface area contributed by atoms with Crippen LogP contribution in [0.25, 0.3) is 0 Å². The molecule has 3 nitrogen and oxygen atoms in total. The van der Waals surface area contributed by atoms with Gasteiger partial charge in [0.15, 0.2) is 0 Å². The first-order valence-electron chi connectivity index (χ1n) is 6.97. The highest BCUT2D eigenvalue weighted by Crippen LogP contribution is 2.19. The first kappa shape index (κ1) is 15.3. The van der Waals surface area contributed by atoms with E-state index in [0.717, 1.165) is 24.4 Å². The van der Waals surface area contributed by atoms with Crippen molar-refractivity contribution in [3.63, 3.8) is 0 Å². The van der Waals surface area contributed by atoms with Crippen LogP contribution < -0.4 is 14.8 Å². The third kappa shape index (κ3) is 4.46. The van der Waals surface area contributed by atoms with Crippen LogP contribution >= 0.6 is 0 Å². The van der Waals surface area contributed by atoms with Gasteiger partial charge in [-0.1, -0.05) is 13.0 Å². The quantitative estimate of drug-likeness (QED) is 0.846. The van der Waals surface area contributed by atoms with Gasteiger partial charge in [-0.3, -0.25) is 0 Å². The van der Waals surface area contributed by atoms with Crippen molar-refractivity contribution < 1.29 is 13.9 Å². The second kappa shape index (κ2) is 7.64. The Labute approximate surface area is 124 Å². The molecule has 2 aromatic rings. The van der Waals surface area contributed by atoms with Crippen molar-refractivity contribution in [1.82, 2.24) is 5.32 Å². The smallest absolute Gasteiger partial charge is 0.129 e. The highest BCUT2D eigenvalue weighted by Gasteiger charge is 2.05. The standard InChI is InChI=1S/C17H20FNO2/c1-3-19-11-13-4-9-17(18)14(10-13)12-21-16-7-5-15(20-2)6-8-16/h4-10,19H,3,11-12H2,1-2H3. The SMILES string of the molecule is CCNCc1ccc(F)c(COc2ccc(OC)cc2)c1. The van der Waals surface area contributed by atoms with Gasteiger partial charge in [-0.05, 0) is 48.5 Å². The van der Waals surface area contributed by atoms with Crippen molar-refractivity contribution >= 4 is 0 Å². The summed E-state index contributed by atoms with van der Waals surface area (Å²) in [6.07, 6.45) is 0. The fourth-order valence-corrected chi connectivity index (χ4v) is 1.95. The van der Waals surface area contributed by atoms with Crippen LogP contribution in [-0.4, -0.2) is 13.7 Å². The van der Waals surface area contributed by atoms with Crippen LogP contribution in [0.3, 0.4) is 0 Å². The summed E-state index contributed by atoms with van der Waals surface area (Å²) in [6.45, 7) is 3.86. The molecule has 21 heavy (non-hydrogen) atoms. The Morgan fingerprint density at radius 3 is 2.43 bits per heavy atom. The summed E-state index contributed by atoms with van der Waals surface area (Å²) < 4.78 is 24.5. The van der Waals surface area contributed by atoms with Gasteiger partial charge in [-0.2, -0.15) is 0 Å². The van der Waals surface area contributed by atoms with Crippen molar-refractivity contribution in [3.8, 4) is 11.5 Å². The summed E-state index contributed by atoms with van der Waals surface area (Å²) in [5.41, 5.74) is 1.60. The third-order valence-corrected chi connectivity index (χ3v) is 3.14. The molecule has 0 saturated heterocycles. The molecule has 0 amide bonds. The van der Waals surface area contributed by atoms with Crippen molar-refractivity contribution in [1.29, 1.82) is 0 Å². The fourth-order valence-electron chi connectivity index (χ4n) is 1.95. The molecular formula is C17H20FNO2. The van der Waals surface area contributed by atoms with Crippen molar-refractivity contribution in [2.75, 3.05) is 13.7 Å². The van der Waals surface area contributed by atoms with Crippen molar-refractivity contribution in [2.24, 2.45) is 0 Å². The second-order valence-corrected chi connectivity index (χ2v) is 4.67. The summed E-state index contributed by atoms with van der Waals surface area (Å²) in [5.74, 6) is 1.21. The molecule has 4 heteroatoms. The predicted molar refractivity (Wildman–Crippen MR) is 81.1 cm³/mol. The van der Waals surface area contributed by atoms with Gasteiger partial charge in [0.05, 0.1) is 7.11 Å². The first-order valence-corrected chi connectivity index (χ1v) is 6.97. The summed E-state index contributed by atoms with van der Waals surface area (Å²) in [4.78, 5) is 0. The summed E-state index contributed by atoms with van der Waals surface area (Å²) in [6, 6.07) is 12.3. The topological polar surface area (TPSA) is 30.5 Å². The number of benzene rings is 2. The average Bonchev–Trinajstić information content (AvgIpc) is 2.53. The normalized spacial score (nSPS) is 10.4. The zero-order valence-corrected chi connectivity index (χ0v) is 12.4. The van der Waals surface area contributed by atoms with Gasteiger partial charge in [0.1, 0.15) is 23.9 Å². The van der Waals surface area contributed by atoms with E-state index in [0.29, 0.717) is 11.3 Å². The van der Waals surface area contributed by atoms with E-state index in [1.165, 1.54) is 6.07 Å². The number of nitrogens with one attached hydrogen (secondary N) is 1. The van der Waals surface area contributed by atoms with E-state index in [4.69, 9.17) is 9.47 Å². The largest absolute Gasteiger partial charge is 0.497 e. The van der Waals surface area contributed by atoms with Crippen LogP contribution in [0.2, 0.25) is 0 Å². The molecule has 2 rings (SSSR count). The van der Waals surface area contributed by atoms with E-state index in [-0.39, 0.29) is 12.4 Å². The number of rotatable bonds is 7. The van der Waals surface area contributed by atoms with Gasteiger partial charge in [0.25, 0.3) is 0 Å². The minimum Gasteiger partial charge on any atom is -0.497 e. The lowest BCUT2D eigenvalue weighted by atomic mass is 10.1. The van der Waals surface area contributed by atoms with E-state index in [1.54, 1.807) is 25.3 Å². The van der Waals surface area contributed by atoms with Gasteiger partial charge < -0.3 is 14.8 Å². The van der Waals surface area contributed by atoms with Gasteiger partial charge >= 0.3 is 0 Å². The van der Waals surface area contributed by atoms with Crippen LogP contribution in [0.15, 0.2) is 42.5 Å².